The number of nitrogens with zero attached hydrogens (tertiary/aromatic N) is 4. The fraction of sp³-hybridized carbons (Fsp3) is 0.267. The molecule has 0 unspecified atom stereocenters. The van der Waals surface area contributed by atoms with Crippen molar-refractivity contribution >= 4 is 11.5 Å². The van der Waals surface area contributed by atoms with Crippen molar-refractivity contribution in [1.29, 1.82) is 0 Å². The summed E-state index contributed by atoms with van der Waals surface area (Å²) in [5.41, 5.74) is 12.0. The molecule has 0 spiro atoms. The van der Waals surface area contributed by atoms with Gasteiger partial charge in [0, 0.05) is 22.6 Å². The predicted molar refractivity (Wildman–Crippen MR) is 79.6 cm³/mol. The van der Waals surface area contributed by atoms with Crippen molar-refractivity contribution < 1.29 is 0 Å². The fourth-order valence-electron chi connectivity index (χ4n) is 2.52. The molecule has 0 atom stereocenters. The third kappa shape index (κ3) is 1.82. The van der Waals surface area contributed by atoms with Crippen molar-refractivity contribution in [3.63, 3.8) is 0 Å². The van der Waals surface area contributed by atoms with E-state index in [1.54, 1.807) is 0 Å². The number of hydrogen-bond acceptors (Lipinski definition) is 4. The fourth-order valence-corrected chi connectivity index (χ4v) is 2.52. The number of hydrogen-bond donors (Lipinski definition) is 1. The summed E-state index contributed by atoms with van der Waals surface area (Å²) in [6, 6.07) is 5.93. The first-order valence-corrected chi connectivity index (χ1v) is 6.54. The number of fused-ring (bicyclic) bond motifs is 1. The minimum Gasteiger partial charge on any atom is -0.399 e. The highest BCUT2D eigenvalue weighted by molar-refractivity contribution is 5.69. The Hall–Kier alpha value is -2.43. The van der Waals surface area contributed by atoms with E-state index in [1.165, 1.54) is 0 Å². The van der Waals surface area contributed by atoms with Gasteiger partial charge < -0.3 is 5.73 Å². The van der Waals surface area contributed by atoms with Gasteiger partial charge in [-0.3, -0.25) is 4.40 Å². The van der Waals surface area contributed by atoms with Crippen LogP contribution in [-0.4, -0.2) is 19.6 Å². The molecule has 0 fully saturated rings. The van der Waals surface area contributed by atoms with E-state index in [2.05, 4.69) is 22.1 Å². The minimum absolute atomic E-state index is 0.622. The van der Waals surface area contributed by atoms with E-state index in [9.17, 15) is 0 Å². The minimum atomic E-state index is 0.622. The molecule has 2 N–H and O–H groups in total. The van der Waals surface area contributed by atoms with Crippen LogP contribution in [0.25, 0.3) is 17.2 Å². The van der Waals surface area contributed by atoms with Crippen LogP contribution < -0.4 is 5.73 Å². The number of anilines is 1. The van der Waals surface area contributed by atoms with Gasteiger partial charge in [0.05, 0.1) is 0 Å². The van der Waals surface area contributed by atoms with Crippen molar-refractivity contribution in [1.82, 2.24) is 19.6 Å². The Balaban J connectivity index is 2.36. The molecule has 0 amide bonds. The van der Waals surface area contributed by atoms with Gasteiger partial charge in [0.25, 0.3) is 5.78 Å². The van der Waals surface area contributed by atoms with Gasteiger partial charge in [0.2, 0.25) is 0 Å². The molecule has 20 heavy (non-hydrogen) atoms. The number of benzene rings is 1. The SMILES string of the molecule is Cc1cc(C)n2c(-c3cc(N)cc(C)c3C)nnc2n1. The molecule has 0 aliphatic rings. The van der Waals surface area contributed by atoms with Crippen molar-refractivity contribution in [2.24, 2.45) is 0 Å². The summed E-state index contributed by atoms with van der Waals surface area (Å²) >= 11 is 0. The molecule has 3 aromatic rings. The molecule has 0 saturated heterocycles. The molecule has 1 aromatic carbocycles. The summed E-state index contributed by atoms with van der Waals surface area (Å²) in [7, 11) is 0. The Labute approximate surface area is 117 Å². The molecule has 0 radical (unpaired) electrons. The lowest BCUT2D eigenvalue weighted by Gasteiger charge is -2.10. The maximum Gasteiger partial charge on any atom is 0.255 e. The first-order chi connectivity index (χ1) is 9.47. The number of nitrogen functional groups attached to an aromatic ring is 1. The number of nitrogens with two attached hydrogens (primary N) is 1. The highest BCUT2D eigenvalue weighted by Gasteiger charge is 2.15. The normalized spacial score (nSPS) is 11.2. The zero-order chi connectivity index (χ0) is 14.4. The molecular formula is C15H17N5. The van der Waals surface area contributed by atoms with Crippen LogP contribution in [-0.2, 0) is 0 Å². The summed E-state index contributed by atoms with van der Waals surface area (Å²) in [6.07, 6.45) is 0. The monoisotopic (exact) mass is 267 g/mol. The lowest BCUT2D eigenvalue weighted by Crippen LogP contribution is -2.00. The van der Waals surface area contributed by atoms with Crippen LogP contribution in [0.15, 0.2) is 18.2 Å². The Morgan fingerprint density at radius 3 is 2.50 bits per heavy atom. The smallest absolute Gasteiger partial charge is 0.255 e. The third-order valence-electron chi connectivity index (χ3n) is 3.62. The van der Waals surface area contributed by atoms with Crippen LogP contribution in [0.2, 0.25) is 0 Å². The van der Waals surface area contributed by atoms with Crippen molar-refractivity contribution in [2.75, 3.05) is 5.73 Å². The lowest BCUT2D eigenvalue weighted by molar-refractivity contribution is 1.02. The van der Waals surface area contributed by atoms with Crippen LogP contribution in [0.5, 0.6) is 0 Å². The zero-order valence-corrected chi connectivity index (χ0v) is 12.1. The summed E-state index contributed by atoms with van der Waals surface area (Å²) in [4.78, 5) is 4.42. The average Bonchev–Trinajstić information content (AvgIpc) is 2.77. The summed E-state index contributed by atoms with van der Waals surface area (Å²) in [6.45, 7) is 8.11. The molecule has 5 nitrogen and oxygen atoms in total. The van der Waals surface area contributed by atoms with Crippen LogP contribution in [0.4, 0.5) is 5.69 Å². The highest BCUT2D eigenvalue weighted by atomic mass is 15.3. The molecule has 2 aromatic heterocycles. The number of aromatic nitrogens is 4. The summed E-state index contributed by atoms with van der Waals surface area (Å²) in [5.74, 6) is 1.41. The molecule has 0 bridgehead atoms. The Kier molecular flexibility index (Phi) is 2.71. The van der Waals surface area contributed by atoms with Crippen molar-refractivity contribution in [3.05, 3.63) is 40.7 Å². The summed E-state index contributed by atoms with van der Waals surface area (Å²) < 4.78 is 1.97. The largest absolute Gasteiger partial charge is 0.399 e. The Morgan fingerprint density at radius 2 is 1.75 bits per heavy atom. The third-order valence-corrected chi connectivity index (χ3v) is 3.62. The first-order valence-electron chi connectivity index (χ1n) is 6.54. The maximum atomic E-state index is 5.97. The topological polar surface area (TPSA) is 69.1 Å². The number of aryl methyl sites for hydroxylation is 3. The first kappa shape index (κ1) is 12.6. The highest BCUT2D eigenvalue weighted by Crippen LogP contribution is 2.27. The molecule has 0 aliphatic carbocycles. The van der Waals surface area contributed by atoms with Gasteiger partial charge in [-0.15, -0.1) is 10.2 Å². The van der Waals surface area contributed by atoms with Gasteiger partial charge in [-0.1, -0.05) is 0 Å². The molecule has 5 heteroatoms. The second kappa shape index (κ2) is 4.30. The molecule has 0 saturated carbocycles. The van der Waals surface area contributed by atoms with Gasteiger partial charge in [-0.2, -0.15) is 0 Å². The van der Waals surface area contributed by atoms with E-state index in [0.29, 0.717) is 5.78 Å². The molecule has 2 heterocycles. The Bertz CT molecular complexity index is 817. The van der Waals surface area contributed by atoms with Crippen LogP contribution in [0.3, 0.4) is 0 Å². The summed E-state index contributed by atoms with van der Waals surface area (Å²) in [5, 5.41) is 8.48. The van der Waals surface area contributed by atoms with E-state index in [0.717, 1.165) is 39.6 Å². The van der Waals surface area contributed by atoms with Crippen LogP contribution in [0.1, 0.15) is 22.5 Å². The van der Waals surface area contributed by atoms with Crippen LogP contribution in [0, 0.1) is 27.7 Å². The molecule has 102 valence electrons. The zero-order valence-electron chi connectivity index (χ0n) is 12.1. The van der Waals surface area contributed by atoms with Gasteiger partial charge in [0.1, 0.15) is 0 Å². The van der Waals surface area contributed by atoms with E-state index in [4.69, 9.17) is 5.73 Å². The van der Waals surface area contributed by atoms with Gasteiger partial charge >= 0.3 is 0 Å². The second-order valence-electron chi connectivity index (χ2n) is 5.21. The quantitative estimate of drug-likeness (QED) is 0.688. The van der Waals surface area contributed by atoms with Gasteiger partial charge in [-0.25, -0.2) is 4.98 Å². The van der Waals surface area contributed by atoms with Gasteiger partial charge in [-0.05, 0) is 57.0 Å². The number of rotatable bonds is 1. The van der Waals surface area contributed by atoms with Crippen molar-refractivity contribution in [2.45, 2.75) is 27.7 Å². The van der Waals surface area contributed by atoms with Crippen LogP contribution >= 0.6 is 0 Å². The van der Waals surface area contributed by atoms with Gasteiger partial charge in [0.15, 0.2) is 5.82 Å². The maximum absolute atomic E-state index is 5.97. The second-order valence-corrected chi connectivity index (χ2v) is 5.21. The lowest BCUT2D eigenvalue weighted by atomic mass is 10.0. The Morgan fingerprint density at radius 1 is 1.00 bits per heavy atom. The average molecular weight is 267 g/mol. The molecule has 3 rings (SSSR count). The van der Waals surface area contributed by atoms with E-state index < -0.39 is 0 Å². The van der Waals surface area contributed by atoms with E-state index in [1.807, 2.05) is 43.4 Å². The van der Waals surface area contributed by atoms with E-state index in [-0.39, 0.29) is 0 Å². The van der Waals surface area contributed by atoms with E-state index >= 15 is 0 Å². The molecule has 0 aliphatic heterocycles. The predicted octanol–water partition coefficient (Wildman–Crippen LogP) is 2.61. The van der Waals surface area contributed by atoms with Crippen molar-refractivity contribution in [3.8, 4) is 11.4 Å². The standard InChI is InChI=1S/C15H17N5/c1-8-5-12(16)7-13(11(8)4)14-18-19-15-17-9(2)6-10(3)20(14)15/h5-7H,16H2,1-4H3. The molecular weight excluding hydrogens is 250 g/mol.